The second kappa shape index (κ2) is 13.6. The van der Waals surface area contributed by atoms with Crippen LogP contribution in [0.15, 0.2) is 0 Å². The molecular weight excluding hydrogens is 230 g/mol. The molecule has 0 spiro atoms. The highest BCUT2D eigenvalue weighted by atomic mass is 16.5. The zero-order valence-electron chi connectivity index (χ0n) is 11.6. The first-order valence-corrected chi connectivity index (χ1v) is 6.19. The van der Waals surface area contributed by atoms with Crippen molar-refractivity contribution >= 4 is 0 Å². The quantitative estimate of drug-likeness (QED) is 0.430. The van der Waals surface area contributed by atoms with Crippen LogP contribution in [0.2, 0.25) is 0 Å². The summed E-state index contributed by atoms with van der Waals surface area (Å²) in [5.74, 6) is 0. The van der Waals surface area contributed by atoms with Crippen LogP contribution in [-0.2, 0) is 4.74 Å². The van der Waals surface area contributed by atoms with Gasteiger partial charge < -0.3 is 20.7 Å². The number of likely N-dealkylation sites (tertiary alicyclic amines) is 1. The van der Waals surface area contributed by atoms with E-state index >= 15 is 0 Å². The lowest BCUT2D eigenvalue weighted by Gasteiger charge is -2.33. The molecule has 4 N–H and O–H groups in total. The molecule has 0 bridgehead atoms. The van der Waals surface area contributed by atoms with Crippen molar-refractivity contribution in [2.24, 2.45) is 11.5 Å². The third-order valence-corrected chi connectivity index (χ3v) is 2.90. The van der Waals surface area contributed by atoms with E-state index in [0.717, 1.165) is 6.73 Å². The molecule has 18 heavy (non-hydrogen) atoms. The summed E-state index contributed by atoms with van der Waals surface area (Å²) in [7, 11) is 1.82. The summed E-state index contributed by atoms with van der Waals surface area (Å²) >= 11 is 0. The molecule has 0 unspecified atom stereocenters. The van der Waals surface area contributed by atoms with Gasteiger partial charge in [0.2, 0.25) is 0 Å². The monoisotopic (exact) mass is 256 g/mol. The molecule has 0 aliphatic carbocycles. The Hall–Kier alpha value is -1.50. The van der Waals surface area contributed by atoms with E-state index < -0.39 is 0 Å². The summed E-state index contributed by atoms with van der Waals surface area (Å²) in [4.78, 5) is 0. The van der Waals surface area contributed by atoms with E-state index in [1.54, 1.807) is 0 Å². The number of rotatable bonds is 5. The number of ether oxygens (including phenoxy) is 1. The number of unbranched alkanes of at least 4 members (excludes halogenated alkanes) is 1. The average molecular weight is 256 g/mol. The highest BCUT2D eigenvalue weighted by molar-refractivity contribution is 4.52. The molecule has 1 heterocycles. The minimum atomic E-state index is 0.931. The average Bonchev–Trinajstić information content (AvgIpc) is 2.78. The normalized spacial score (nSPS) is 15.1. The van der Waals surface area contributed by atoms with E-state index in [9.17, 15) is 0 Å². The summed E-state index contributed by atoms with van der Waals surface area (Å²) in [6, 6.07) is 0. The second-order valence-electron chi connectivity index (χ2n) is 4.25. The van der Waals surface area contributed by atoms with Crippen molar-refractivity contribution in [2.75, 3.05) is 33.5 Å². The number of nitrogens with two attached hydrogens (primary N) is 2. The first kappa shape index (κ1) is 18.9. The lowest BCUT2D eigenvalue weighted by molar-refractivity contribution is -0.934. The van der Waals surface area contributed by atoms with E-state index in [1.165, 1.54) is 62.2 Å². The minimum absolute atomic E-state index is 0.931. The van der Waals surface area contributed by atoms with Gasteiger partial charge in [-0.15, -0.1) is 0 Å². The highest BCUT2D eigenvalue weighted by Gasteiger charge is 2.30. The SMILES string of the molecule is CCCC[N+]1(COC)CCCC1.N#CN.N#CN. The zero-order chi connectivity index (χ0) is 14.3. The molecule has 0 amide bonds. The molecule has 6 heteroatoms. The van der Waals surface area contributed by atoms with E-state index in [-0.39, 0.29) is 0 Å². The molecular formula is C12H26N5O+. The maximum atomic E-state index is 7.10. The molecule has 0 aromatic carbocycles. The van der Waals surface area contributed by atoms with Gasteiger partial charge >= 0.3 is 0 Å². The highest BCUT2D eigenvalue weighted by Crippen LogP contribution is 2.20. The van der Waals surface area contributed by atoms with Crippen LogP contribution in [0.3, 0.4) is 0 Å². The molecule has 104 valence electrons. The molecule has 6 nitrogen and oxygen atoms in total. The molecule has 0 saturated carbocycles. The van der Waals surface area contributed by atoms with E-state index in [1.807, 2.05) is 7.11 Å². The fourth-order valence-corrected chi connectivity index (χ4v) is 2.19. The Kier molecular flexibility index (Phi) is 14.2. The van der Waals surface area contributed by atoms with Gasteiger partial charge in [-0.1, -0.05) is 13.3 Å². The van der Waals surface area contributed by atoms with Crippen LogP contribution in [-0.4, -0.2) is 38.0 Å². The van der Waals surface area contributed by atoms with Crippen molar-refractivity contribution in [3.8, 4) is 12.4 Å². The lowest BCUT2D eigenvalue weighted by Crippen LogP contribution is -2.47. The summed E-state index contributed by atoms with van der Waals surface area (Å²) in [5.41, 5.74) is 8.31. The number of nitriles is 2. The van der Waals surface area contributed by atoms with Crippen molar-refractivity contribution in [3.05, 3.63) is 0 Å². The van der Waals surface area contributed by atoms with Crippen LogP contribution in [0.25, 0.3) is 0 Å². The largest absolute Gasteiger partial charge is 0.337 e. The number of methoxy groups -OCH3 is 1. The van der Waals surface area contributed by atoms with Crippen molar-refractivity contribution < 1.29 is 9.22 Å². The Labute approximate surface area is 110 Å². The smallest absolute Gasteiger partial charge is 0.182 e. The van der Waals surface area contributed by atoms with Gasteiger partial charge in [-0.2, -0.15) is 10.5 Å². The van der Waals surface area contributed by atoms with Gasteiger partial charge in [-0.05, 0) is 6.42 Å². The fraction of sp³-hybridized carbons (Fsp3) is 0.833. The van der Waals surface area contributed by atoms with Gasteiger partial charge in [-0.25, -0.2) is 0 Å². The lowest BCUT2D eigenvalue weighted by atomic mass is 10.3. The Morgan fingerprint density at radius 1 is 1.17 bits per heavy atom. The van der Waals surface area contributed by atoms with Gasteiger partial charge in [0.05, 0.1) is 19.6 Å². The summed E-state index contributed by atoms with van der Waals surface area (Å²) in [6.45, 7) is 7.20. The third-order valence-electron chi connectivity index (χ3n) is 2.90. The standard InChI is InChI=1S/C10H22NO.2CH2N2/c1-3-4-7-11(10-12-2)8-5-6-9-11;2*2-1-3/h3-10H2,1-2H3;2*2H2/q+1;;. The van der Waals surface area contributed by atoms with E-state index in [4.69, 9.17) is 15.3 Å². The van der Waals surface area contributed by atoms with Crippen molar-refractivity contribution in [2.45, 2.75) is 32.6 Å². The summed E-state index contributed by atoms with van der Waals surface area (Å²) in [5, 5.41) is 14.2. The Morgan fingerprint density at radius 2 is 1.61 bits per heavy atom. The topological polar surface area (TPSA) is 109 Å². The van der Waals surface area contributed by atoms with Crippen LogP contribution in [0, 0.1) is 22.9 Å². The Balaban J connectivity index is 0. The Morgan fingerprint density at radius 3 is 1.94 bits per heavy atom. The van der Waals surface area contributed by atoms with Crippen LogP contribution < -0.4 is 11.5 Å². The van der Waals surface area contributed by atoms with Gasteiger partial charge in [0.15, 0.2) is 19.1 Å². The first-order valence-electron chi connectivity index (χ1n) is 6.19. The predicted octanol–water partition coefficient (Wildman–Crippen LogP) is 0.853. The minimum Gasteiger partial charge on any atom is -0.337 e. The maximum absolute atomic E-state index is 7.10. The second-order valence-corrected chi connectivity index (χ2v) is 4.25. The van der Waals surface area contributed by atoms with Crippen molar-refractivity contribution in [3.63, 3.8) is 0 Å². The molecule has 1 saturated heterocycles. The molecule has 0 aromatic heterocycles. The summed E-state index contributed by atoms with van der Waals surface area (Å²) in [6.07, 6.45) is 7.95. The van der Waals surface area contributed by atoms with Gasteiger partial charge in [0.25, 0.3) is 0 Å². The van der Waals surface area contributed by atoms with Crippen LogP contribution >= 0.6 is 0 Å². The number of hydrogen-bond acceptors (Lipinski definition) is 5. The molecule has 0 atom stereocenters. The molecule has 1 aliphatic heterocycles. The number of quaternary nitrogens is 1. The molecule has 1 rings (SSSR count). The predicted molar refractivity (Wildman–Crippen MR) is 70.5 cm³/mol. The van der Waals surface area contributed by atoms with Crippen molar-refractivity contribution in [1.29, 1.82) is 10.5 Å². The zero-order valence-corrected chi connectivity index (χ0v) is 11.6. The molecule has 0 radical (unpaired) electrons. The van der Waals surface area contributed by atoms with Crippen LogP contribution in [0.1, 0.15) is 32.6 Å². The van der Waals surface area contributed by atoms with Crippen LogP contribution in [0.5, 0.6) is 0 Å². The van der Waals surface area contributed by atoms with Gasteiger partial charge in [0.1, 0.15) is 0 Å². The summed E-state index contributed by atoms with van der Waals surface area (Å²) < 4.78 is 6.52. The van der Waals surface area contributed by atoms with E-state index in [0.29, 0.717) is 0 Å². The molecule has 1 fully saturated rings. The number of nitrogens with zero attached hydrogens (tertiary/aromatic N) is 3. The molecule has 0 aromatic rings. The third kappa shape index (κ3) is 9.71. The molecule has 1 aliphatic rings. The van der Waals surface area contributed by atoms with Crippen molar-refractivity contribution in [1.82, 2.24) is 0 Å². The van der Waals surface area contributed by atoms with Gasteiger partial charge in [-0.3, -0.25) is 0 Å². The first-order chi connectivity index (χ1) is 8.66. The van der Waals surface area contributed by atoms with E-state index in [2.05, 4.69) is 18.4 Å². The number of hydrogen-bond donors (Lipinski definition) is 2. The fourth-order valence-electron chi connectivity index (χ4n) is 2.19. The van der Waals surface area contributed by atoms with Gasteiger partial charge in [0, 0.05) is 20.0 Å². The maximum Gasteiger partial charge on any atom is 0.182 e. The van der Waals surface area contributed by atoms with Crippen LogP contribution in [0.4, 0.5) is 0 Å². The Bertz CT molecular complexity index is 238.